The summed E-state index contributed by atoms with van der Waals surface area (Å²) < 4.78 is 62.3. The first-order valence-corrected chi connectivity index (χ1v) is 8.06. The van der Waals surface area contributed by atoms with Crippen LogP contribution in [-0.2, 0) is 11.2 Å². The maximum atomic E-state index is 14.3. The summed E-state index contributed by atoms with van der Waals surface area (Å²) in [6.45, 7) is -1.79. The Balaban J connectivity index is 2.07. The molecule has 1 atom stereocenters. The van der Waals surface area contributed by atoms with Crippen LogP contribution >= 0.6 is 0 Å². The molecule has 1 unspecified atom stereocenters. The van der Waals surface area contributed by atoms with Gasteiger partial charge in [0.25, 0.3) is 5.91 Å². The van der Waals surface area contributed by atoms with E-state index < -0.39 is 36.4 Å². The average molecular weight is 384 g/mol. The Labute approximate surface area is 152 Å². The van der Waals surface area contributed by atoms with E-state index in [0.717, 1.165) is 12.1 Å². The molecule has 1 aromatic carbocycles. The van der Waals surface area contributed by atoms with E-state index >= 15 is 0 Å². The predicted molar refractivity (Wildman–Crippen MR) is 87.4 cm³/mol. The second-order valence-electron chi connectivity index (χ2n) is 6.45. The van der Waals surface area contributed by atoms with Crippen LogP contribution in [0.3, 0.4) is 0 Å². The molecule has 2 aromatic rings. The number of nitrogens with zero attached hydrogens (tertiary/aromatic N) is 1. The molecule has 2 heterocycles. The van der Waals surface area contributed by atoms with Gasteiger partial charge in [-0.25, -0.2) is 13.8 Å². The van der Waals surface area contributed by atoms with Crippen LogP contribution in [0.15, 0.2) is 24.3 Å². The number of hydrogen-bond acceptors (Lipinski definition) is 4. The van der Waals surface area contributed by atoms with Gasteiger partial charge in [-0.05, 0) is 43.5 Å². The minimum atomic E-state index is -2.96. The lowest BCUT2D eigenvalue weighted by atomic mass is 9.89. The average Bonchev–Trinajstić information content (AvgIpc) is 2.59. The summed E-state index contributed by atoms with van der Waals surface area (Å²) in [6.07, 6.45) is 0.594. The monoisotopic (exact) mass is 384 g/mol. The molecule has 2 N–H and O–H groups in total. The van der Waals surface area contributed by atoms with E-state index in [-0.39, 0.29) is 22.7 Å². The lowest BCUT2D eigenvalue weighted by Crippen LogP contribution is -2.42. The van der Waals surface area contributed by atoms with Crippen LogP contribution in [0.2, 0.25) is 0 Å². The number of pyridine rings is 1. The fourth-order valence-electron chi connectivity index (χ4n) is 2.96. The van der Waals surface area contributed by atoms with Gasteiger partial charge in [-0.1, -0.05) is 0 Å². The fourth-order valence-corrected chi connectivity index (χ4v) is 2.96. The second-order valence-corrected chi connectivity index (χ2v) is 6.45. The Kier molecular flexibility index (Phi) is 5.05. The van der Waals surface area contributed by atoms with Crippen molar-refractivity contribution in [1.29, 1.82) is 0 Å². The van der Waals surface area contributed by atoms with Crippen molar-refractivity contribution < 1.29 is 31.8 Å². The zero-order chi connectivity index (χ0) is 19.8. The van der Waals surface area contributed by atoms with Crippen LogP contribution in [-0.4, -0.2) is 29.7 Å². The van der Waals surface area contributed by atoms with Crippen LogP contribution in [0.1, 0.15) is 29.4 Å². The number of benzene rings is 1. The molecule has 9 heteroatoms. The highest BCUT2D eigenvalue weighted by Gasteiger charge is 2.36. The molecule has 3 rings (SSSR count). The van der Waals surface area contributed by atoms with Gasteiger partial charge >= 0.3 is 6.61 Å². The molecular weight excluding hydrogens is 368 g/mol. The Bertz CT molecular complexity index is 891. The summed E-state index contributed by atoms with van der Waals surface area (Å²) in [6, 6.07) is 4.34. The molecule has 144 valence electrons. The van der Waals surface area contributed by atoms with Crippen molar-refractivity contribution >= 4 is 5.91 Å². The summed E-state index contributed by atoms with van der Waals surface area (Å²) in [5.41, 5.74) is 4.80. The van der Waals surface area contributed by atoms with E-state index in [4.69, 9.17) is 10.5 Å². The van der Waals surface area contributed by atoms with Gasteiger partial charge in [0.2, 0.25) is 5.88 Å². The first-order valence-electron chi connectivity index (χ1n) is 8.06. The molecule has 0 bridgehead atoms. The van der Waals surface area contributed by atoms with Gasteiger partial charge in [0.05, 0.1) is 6.61 Å². The number of ether oxygens (including phenoxy) is 2. The number of primary amides is 1. The number of alkyl halides is 2. The lowest BCUT2D eigenvalue weighted by molar-refractivity contribution is -0.164. The lowest BCUT2D eigenvalue weighted by Gasteiger charge is -2.35. The van der Waals surface area contributed by atoms with Crippen molar-refractivity contribution in [3.05, 3.63) is 47.2 Å². The van der Waals surface area contributed by atoms with E-state index in [9.17, 15) is 22.4 Å². The van der Waals surface area contributed by atoms with Gasteiger partial charge in [-0.15, -0.1) is 0 Å². The molecule has 1 aromatic heterocycles. The van der Waals surface area contributed by atoms with Crippen molar-refractivity contribution in [1.82, 2.24) is 4.98 Å². The molecule has 0 fully saturated rings. The van der Waals surface area contributed by atoms with Crippen molar-refractivity contribution in [2.24, 2.45) is 5.73 Å². The van der Waals surface area contributed by atoms with E-state index in [1.54, 1.807) is 6.92 Å². The Morgan fingerprint density at radius 3 is 2.70 bits per heavy atom. The number of carbonyl (C=O) groups excluding carboxylic acids is 1. The standard InChI is InChI=1S/C18H16F4N2O3/c1-18(8-26-17(21)22)5-4-11-12(10-3-2-9(19)6-13(10)20)7-14(15(23)25)24-16(11)27-18/h2-3,6-7,17H,4-5,8H2,1H3,(H2,23,25). The SMILES string of the molecule is CC1(COC(F)F)CCc2c(-c3ccc(F)cc3F)cc(C(N)=O)nc2O1. The zero-order valence-corrected chi connectivity index (χ0v) is 14.3. The van der Waals surface area contributed by atoms with Crippen molar-refractivity contribution in [3.63, 3.8) is 0 Å². The van der Waals surface area contributed by atoms with Gasteiger partial charge < -0.3 is 15.2 Å². The number of amides is 1. The number of fused-ring (bicyclic) bond motifs is 1. The highest BCUT2D eigenvalue weighted by Crippen LogP contribution is 2.39. The highest BCUT2D eigenvalue weighted by molar-refractivity contribution is 5.93. The third kappa shape index (κ3) is 4.02. The molecule has 27 heavy (non-hydrogen) atoms. The van der Waals surface area contributed by atoms with Gasteiger partial charge in [-0.2, -0.15) is 8.78 Å². The summed E-state index contributed by atoms with van der Waals surface area (Å²) in [5.74, 6) is -2.46. The third-order valence-electron chi connectivity index (χ3n) is 4.32. The molecular formula is C18H16F4N2O3. The van der Waals surface area contributed by atoms with E-state index in [0.29, 0.717) is 18.4 Å². The summed E-state index contributed by atoms with van der Waals surface area (Å²) >= 11 is 0. The molecule has 1 aliphatic rings. The number of nitrogens with two attached hydrogens (primary N) is 1. The van der Waals surface area contributed by atoms with Crippen LogP contribution in [0.4, 0.5) is 17.6 Å². The summed E-state index contributed by atoms with van der Waals surface area (Å²) in [5, 5.41) is 0. The Hall–Kier alpha value is -2.68. The number of halogens is 4. The Morgan fingerprint density at radius 1 is 1.33 bits per heavy atom. The van der Waals surface area contributed by atoms with Gasteiger partial charge in [0.15, 0.2) is 0 Å². The number of rotatable bonds is 5. The predicted octanol–water partition coefficient (Wildman–Crippen LogP) is 3.45. The van der Waals surface area contributed by atoms with Crippen LogP contribution in [0, 0.1) is 11.6 Å². The zero-order valence-electron chi connectivity index (χ0n) is 14.3. The minimum absolute atomic E-state index is 0.0170. The second kappa shape index (κ2) is 7.15. The molecule has 1 amide bonds. The first-order chi connectivity index (χ1) is 12.7. The summed E-state index contributed by atoms with van der Waals surface area (Å²) in [4.78, 5) is 15.6. The number of carbonyl (C=O) groups is 1. The van der Waals surface area contributed by atoms with Gasteiger partial charge in [-0.3, -0.25) is 4.79 Å². The molecule has 0 aliphatic carbocycles. The molecule has 0 saturated carbocycles. The van der Waals surface area contributed by atoms with E-state index in [1.165, 1.54) is 12.1 Å². The van der Waals surface area contributed by atoms with Crippen molar-refractivity contribution in [2.75, 3.05) is 6.61 Å². The van der Waals surface area contributed by atoms with Crippen molar-refractivity contribution in [2.45, 2.75) is 32.0 Å². The topological polar surface area (TPSA) is 74.4 Å². The molecule has 5 nitrogen and oxygen atoms in total. The Morgan fingerprint density at radius 2 is 2.07 bits per heavy atom. The summed E-state index contributed by atoms with van der Waals surface area (Å²) in [7, 11) is 0. The molecule has 0 radical (unpaired) electrons. The van der Waals surface area contributed by atoms with Crippen LogP contribution in [0.25, 0.3) is 11.1 Å². The molecule has 1 aliphatic heterocycles. The maximum absolute atomic E-state index is 14.3. The molecule has 0 saturated heterocycles. The van der Waals surface area contributed by atoms with Gasteiger partial charge in [0.1, 0.15) is 22.9 Å². The molecule has 0 spiro atoms. The first kappa shape index (κ1) is 19.1. The minimum Gasteiger partial charge on any atom is -0.469 e. The van der Waals surface area contributed by atoms with Crippen LogP contribution in [0.5, 0.6) is 5.88 Å². The van der Waals surface area contributed by atoms with Crippen LogP contribution < -0.4 is 10.5 Å². The largest absolute Gasteiger partial charge is 0.469 e. The van der Waals surface area contributed by atoms with E-state index in [2.05, 4.69) is 9.72 Å². The smallest absolute Gasteiger partial charge is 0.345 e. The fraction of sp³-hybridized carbons (Fsp3) is 0.333. The highest BCUT2D eigenvalue weighted by atomic mass is 19.3. The quantitative estimate of drug-likeness (QED) is 0.802. The van der Waals surface area contributed by atoms with Gasteiger partial charge in [0, 0.05) is 17.2 Å². The number of aromatic nitrogens is 1. The van der Waals surface area contributed by atoms with Crippen molar-refractivity contribution in [3.8, 4) is 17.0 Å². The third-order valence-corrected chi connectivity index (χ3v) is 4.32. The maximum Gasteiger partial charge on any atom is 0.345 e. The van der Waals surface area contributed by atoms with E-state index in [1.807, 2.05) is 0 Å². The normalized spacial score (nSPS) is 18.9. The number of hydrogen-bond donors (Lipinski definition) is 1.